The van der Waals surface area contributed by atoms with Crippen LogP contribution >= 0.6 is 11.6 Å². The fourth-order valence-electron chi connectivity index (χ4n) is 8.32. The molecule has 4 atom stereocenters. The van der Waals surface area contributed by atoms with Gasteiger partial charge in [0.1, 0.15) is 30.3 Å². The van der Waals surface area contributed by atoms with Crippen LogP contribution in [0.25, 0.3) is 32.8 Å². The number of aromatic nitrogens is 2. The van der Waals surface area contributed by atoms with E-state index in [9.17, 15) is 9.90 Å². The van der Waals surface area contributed by atoms with Gasteiger partial charge in [0.05, 0.1) is 10.6 Å². The summed E-state index contributed by atoms with van der Waals surface area (Å²) in [6, 6.07) is 13.4. The summed E-state index contributed by atoms with van der Waals surface area (Å²) in [5.41, 5.74) is 0.611. The Morgan fingerprint density at radius 3 is 2.73 bits per heavy atom. The number of nitrogens with one attached hydrogen (secondary N) is 1. The van der Waals surface area contributed by atoms with Crippen molar-refractivity contribution in [3.05, 3.63) is 53.3 Å². The Labute approximate surface area is 265 Å². The van der Waals surface area contributed by atoms with Crippen LogP contribution in [-0.4, -0.2) is 83.0 Å². The molecule has 4 aliphatic rings. The van der Waals surface area contributed by atoms with E-state index < -0.39 is 5.82 Å². The fraction of sp³-hybridized carbons (Fsp3) is 0.441. The van der Waals surface area contributed by atoms with E-state index in [-0.39, 0.29) is 39.4 Å². The van der Waals surface area contributed by atoms with E-state index in [4.69, 9.17) is 31.0 Å². The van der Waals surface area contributed by atoms with Gasteiger partial charge in [-0.1, -0.05) is 35.9 Å². The van der Waals surface area contributed by atoms with Gasteiger partial charge in [-0.3, -0.25) is 9.69 Å². The Morgan fingerprint density at radius 1 is 1.09 bits per heavy atom. The van der Waals surface area contributed by atoms with E-state index in [0.29, 0.717) is 48.5 Å². The molecule has 4 aliphatic heterocycles. The highest BCUT2D eigenvalue weighted by Crippen LogP contribution is 2.45. The number of aromatic hydroxyl groups is 1. The molecule has 9 nitrogen and oxygen atoms in total. The van der Waals surface area contributed by atoms with Crippen LogP contribution in [0.3, 0.4) is 0 Å². The highest BCUT2D eigenvalue weighted by atomic mass is 35.5. The Balaban J connectivity index is 1.22. The summed E-state index contributed by atoms with van der Waals surface area (Å²) in [5, 5.41) is 16.5. The standard InChI is InChI=1S/C34H35ClFN5O4/c35-28-14-27-31(30(36)29(28)26-13-24(43)12-20-4-1-2-5-25(20)26)38-33(39-32(27)40-15-21-6-7-22(16-40)37-21)45-18-34-9-3-11-41(34)23(8-10-34)17-44-19-42/h1-2,4-5,12-14,19,21-23,37,43H,3,6-11,15-18H2. The first-order chi connectivity index (χ1) is 21.9. The van der Waals surface area contributed by atoms with Gasteiger partial charge in [0.25, 0.3) is 6.47 Å². The molecule has 0 saturated carbocycles. The smallest absolute Gasteiger partial charge is 0.319 e. The number of ether oxygens (including phenoxy) is 2. The molecule has 0 radical (unpaired) electrons. The van der Waals surface area contributed by atoms with Crippen LogP contribution < -0.4 is 15.0 Å². The van der Waals surface area contributed by atoms with E-state index in [0.717, 1.165) is 68.9 Å². The maximum atomic E-state index is 16.9. The van der Waals surface area contributed by atoms with Crippen LogP contribution in [0.15, 0.2) is 42.5 Å². The Kier molecular flexibility index (Phi) is 7.19. The maximum absolute atomic E-state index is 16.9. The van der Waals surface area contributed by atoms with Crippen LogP contribution in [0.5, 0.6) is 11.8 Å². The number of rotatable bonds is 8. The zero-order chi connectivity index (χ0) is 30.7. The molecule has 234 valence electrons. The molecule has 4 unspecified atom stereocenters. The summed E-state index contributed by atoms with van der Waals surface area (Å²) in [5.74, 6) is 0.0650. The van der Waals surface area contributed by atoms with E-state index in [1.54, 1.807) is 18.2 Å². The molecule has 1 aromatic heterocycles. The van der Waals surface area contributed by atoms with Crippen molar-refractivity contribution in [3.8, 4) is 22.9 Å². The minimum absolute atomic E-state index is 0.0248. The minimum Gasteiger partial charge on any atom is -0.508 e. The Morgan fingerprint density at radius 2 is 1.91 bits per heavy atom. The van der Waals surface area contributed by atoms with Crippen molar-refractivity contribution < 1.29 is 23.8 Å². The molecule has 0 amide bonds. The molecule has 4 fully saturated rings. The largest absolute Gasteiger partial charge is 0.508 e. The number of hydrogen-bond donors (Lipinski definition) is 2. The monoisotopic (exact) mass is 631 g/mol. The number of hydrogen-bond acceptors (Lipinski definition) is 9. The lowest BCUT2D eigenvalue weighted by Gasteiger charge is -2.35. The summed E-state index contributed by atoms with van der Waals surface area (Å²) < 4.78 is 28.4. The molecule has 4 saturated heterocycles. The molecule has 5 heterocycles. The third-order valence-corrected chi connectivity index (χ3v) is 10.6. The van der Waals surface area contributed by atoms with Crippen molar-refractivity contribution in [2.75, 3.05) is 37.7 Å². The van der Waals surface area contributed by atoms with Crippen LogP contribution in [0.2, 0.25) is 5.02 Å². The number of piperazine rings is 1. The second kappa shape index (κ2) is 11.3. The Hall–Kier alpha value is -3.73. The second-order valence-corrected chi connectivity index (χ2v) is 13.4. The van der Waals surface area contributed by atoms with Gasteiger partial charge in [-0.2, -0.15) is 9.97 Å². The van der Waals surface area contributed by atoms with Crippen molar-refractivity contribution in [3.63, 3.8) is 0 Å². The first-order valence-corrected chi connectivity index (χ1v) is 16.2. The molecule has 45 heavy (non-hydrogen) atoms. The van der Waals surface area contributed by atoms with Gasteiger partial charge in [0, 0.05) is 42.2 Å². The SMILES string of the molecule is O=COCC1CCC2(COc3nc(N4CC5CCC(C4)N5)c4cc(Cl)c(-c5cc(O)cc6ccccc56)c(F)c4n3)CCCN12. The normalized spacial score (nSPS) is 26.1. The summed E-state index contributed by atoms with van der Waals surface area (Å²) in [6.07, 6.45) is 6.00. The number of anilines is 1. The van der Waals surface area contributed by atoms with Crippen molar-refractivity contribution >= 4 is 45.6 Å². The van der Waals surface area contributed by atoms with Crippen LogP contribution in [-0.2, 0) is 9.53 Å². The molecule has 2 bridgehead atoms. The van der Waals surface area contributed by atoms with E-state index in [1.165, 1.54) is 0 Å². The van der Waals surface area contributed by atoms with Gasteiger partial charge >= 0.3 is 6.01 Å². The zero-order valence-corrected chi connectivity index (χ0v) is 25.6. The van der Waals surface area contributed by atoms with Crippen LogP contribution in [0, 0.1) is 5.82 Å². The van der Waals surface area contributed by atoms with Gasteiger partial charge < -0.3 is 24.8 Å². The van der Waals surface area contributed by atoms with E-state index in [1.807, 2.05) is 24.3 Å². The van der Waals surface area contributed by atoms with Crippen molar-refractivity contribution in [1.29, 1.82) is 0 Å². The van der Waals surface area contributed by atoms with Gasteiger partial charge in [0.15, 0.2) is 5.82 Å². The van der Waals surface area contributed by atoms with E-state index >= 15 is 4.39 Å². The van der Waals surface area contributed by atoms with Gasteiger partial charge in [-0.05, 0) is 79.6 Å². The highest BCUT2D eigenvalue weighted by Gasteiger charge is 2.50. The first-order valence-electron chi connectivity index (χ1n) is 15.8. The molecule has 0 aliphatic carbocycles. The van der Waals surface area contributed by atoms with Crippen molar-refractivity contribution in [2.45, 2.75) is 62.2 Å². The fourth-order valence-corrected chi connectivity index (χ4v) is 8.62. The van der Waals surface area contributed by atoms with Gasteiger partial charge in [-0.25, -0.2) is 4.39 Å². The number of benzene rings is 3. The average molecular weight is 632 g/mol. The lowest BCUT2D eigenvalue weighted by atomic mass is 9.95. The number of carbonyl (C=O) groups excluding carboxylic acids is 1. The van der Waals surface area contributed by atoms with E-state index in [2.05, 4.69) is 15.1 Å². The van der Waals surface area contributed by atoms with Crippen LogP contribution in [0.4, 0.5) is 10.2 Å². The molecule has 8 rings (SSSR count). The summed E-state index contributed by atoms with van der Waals surface area (Å²) >= 11 is 6.90. The summed E-state index contributed by atoms with van der Waals surface area (Å²) in [4.78, 5) is 25.1. The summed E-state index contributed by atoms with van der Waals surface area (Å²) in [7, 11) is 0. The number of phenolic OH excluding ortho intramolecular Hbond substituents is 1. The molecule has 3 aromatic carbocycles. The maximum Gasteiger partial charge on any atom is 0.319 e. The minimum atomic E-state index is -0.576. The lowest BCUT2D eigenvalue weighted by Crippen LogP contribution is -2.51. The predicted octanol–water partition coefficient (Wildman–Crippen LogP) is 5.44. The molecule has 2 N–H and O–H groups in total. The van der Waals surface area contributed by atoms with Crippen molar-refractivity contribution in [1.82, 2.24) is 20.2 Å². The molecular weight excluding hydrogens is 597 g/mol. The Bertz CT molecular complexity index is 1800. The predicted molar refractivity (Wildman–Crippen MR) is 170 cm³/mol. The average Bonchev–Trinajstić information content (AvgIpc) is 3.71. The third-order valence-electron chi connectivity index (χ3n) is 10.3. The lowest BCUT2D eigenvalue weighted by molar-refractivity contribution is -0.130. The van der Waals surface area contributed by atoms with Crippen LogP contribution in [0.1, 0.15) is 38.5 Å². The van der Waals surface area contributed by atoms with Crippen molar-refractivity contribution in [2.24, 2.45) is 0 Å². The molecule has 4 aromatic rings. The number of halogens is 2. The summed E-state index contributed by atoms with van der Waals surface area (Å²) in [6.45, 7) is 3.64. The van der Waals surface area contributed by atoms with Gasteiger partial charge in [0.2, 0.25) is 0 Å². The number of phenols is 1. The third kappa shape index (κ3) is 4.94. The highest BCUT2D eigenvalue weighted by molar-refractivity contribution is 6.35. The number of nitrogens with zero attached hydrogens (tertiary/aromatic N) is 4. The van der Waals surface area contributed by atoms with Gasteiger partial charge in [-0.15, -0.1) is 0 Å². The zero-order valence-electron chi connectivity index (χ0n) is 24.8. The number of carbonyl (C=O) groups is 1. The molecule has 11 heteroatoms. The first kappa shape index (κ1) is 28.7. The quantitative estimate of drug-likeness (QED) is 0.246. The second-order valence-electron chi connectivity index (χ2n) is 13.0. The topological polar surface area (TPSA) is 100 Å². The molecular formula is C34H35ClFN5O4. The molecule has 0 spiro atoms. The number of fused-ring (bicyclic) bond motifs is 5.